The van der Waals surface area contributed by atoms with Crippen LogP contribution in [0.1, 0.15) is 34.8 Å². The van der Waals surface area contributed by atoms with Gasteiger partial charge in [-0.1, -0.05) is 31.2 Å². The molecule has 1 aliphatic rings. The molecule has 7 heteroatoms. The van der Waals surface area contributed by atoms with Gasteiger partial charge in [-0.2, -0.15) is 5.10 Å². The Kier molecular flexibility index (Phi) is 4.58. The van der Waals surface area contributed by atoms with E-state index >= 15 is 0 Å². The van der Waals surface area contributed by atoms with E-state index in [1.165, 1.54) is 0 Å². The zero-order chi connectivity index (χ0) is 16.6. The molecule has 0 atom stereocenters. The lowest BCUT2D eigenvalue weighted by molar-refractivity contribution is 0.0812. The van der Waals surface area contributed by atoms with Gasteiger partial charge >= 0.3 is 0 Å². The Bertz CT molecular complexity index is 735. The second kappa shape index (κ2) is 6.34. The Morgan fingerprint density at radius 3 is 2.78 bits per heavy atom. The van der Waals surface area contributed by atoms with Crippen LogP contribution in [0.5, 0.6) is 0 Å². The van der Waals surface area contributed by atoms with Gasteiger partial charge in [-0.15, -0.1) is 0 Å². The van der Waals surface area contributed by atoms with Crippen molar-refractivity contribution >= 4 is 37.0 Å². The van der Waals surface area contributed by atoms with Gasteiger partial charge in [0.1, 0.15) is 22.9 Å². The summed E-state index contributed by atoms with van der Waals surface area (Å²) in [6.07, 6.45) is 3.05. The second-order valence-corrected chi connectivity index (χ2v) is 13.4. The highest BCUT2D eigenvalue weighted by atomic mass is 35.5. The van der Waals surface area contributed by atoms with Gasteiger partial charge in [0, 0.05) is 26.2 Å². The third-order valence-electron chi connectivity index (χ3n) is 4.02. The number of hydrogen-bond donors (Lipinski definition) is 0. The number of carbonyl (C=O) groups excluding carboxylic acids is 1. The maximum Gasteiger partial charge on any atom is 0.152 e. The standard InChI is InChI=1S/C16H22ClN3O2Si/c1-23(2,3)7-6-22-10-20-16-12(9-21)8-13(17)18-15(16)14(19-20)11-4-5-11/h8-9,11H,4-7,10H2,1-3H3. The van der Waals surface area contributed by atoms with E-state index in [1.807, 2.05) is 0 Å². The number of pyridine rings is 1. The monoisotopic (exact) mass is 351 g/mol. The van der Waals surface area contributed by atoms with Gasteiger partial charge in [-0.3, -0.25) is 4.79 Å². The first-order valence-electron chi connectivity index (χ1n) is 7.99. The molecule has 0 radical (unpaired) electrons. The minimum absolute atomic E-state index is 0.334. The zero-order valence-electron chi connectivity index (χ0n) is 13.8. The number of aromatic nitrogens is 3. The maximum atomic E-state index is 11.4. The molecule has 0 aliphatic heterocycles. The molecule has 124 valence electrons. The van der Waals surface area contributed by atoms with Crippen molar-refractivity contribution in [2.24, 2.45) is 0 Å². The third-order valence-corrected chi connectivity index (χ3v) is 5.92. The Morgan fingerprint density at radius 2 is 2.17 bits per heavy atom. The van der Waals surface area contributed by atoms with Gasteiger partial charge in [0.25, 0.3) is 0 Å². The van der Waals surface area contributed by atoms with Crippen LogP contribution < -0.4 is 0 Å². The van der Waals surface area contributed by atoms with Crippen LogP contribution in [0.4, 0.5) is 0 Å². The molecular weight excluding hydrogens is 330 g/mol. The topological polar surface area (TPSA) is 57.0 Å². The summed E-state index contributed by atoms with van der Waals surface area (Å²) in [5.41, 5.74) is 2.95. The fourth-order valence-electron chi connectivity index (χ4n) is 2.55. The summed E-state index contributed by atoms with van der Waals surface area (Å²) >= 11 is 6.05. The molecule has 2 aromatic rings. The van der Waals surface area contributed by atoms with E-state index in [-0.39, 0.29) is 0 Å². The molecule has 0 amide bonds. The first-order valence-corrected chi connectivity index (χ1v) is 12.1. The molecule has 23 heavy (non-hydrogen) atoms. The number of halogens is 1. The van der Waals surface area contributed by atoms with E-state index in [0.29, 0.717) is 30.0 Å². The van der Waals surface area contributed by atoms with E-state index in [2.05, 4.69) is 29.7 Å². The number of rotatable bonds is 7. The van der Waals surface area contributed by atoms with Crippen LogP contribution in [0.25, 0.3) is 11.0 Å². The van der Waals surface area contributed by atoms with Crippen LogP contribution in [0.2, 0.25) is 30.8 Å². The predicted molar refractivity (Wildman–Crippen MR) is 94.0 cm³/mol. The van der Waals surface area contributed by atoms with Crippen molar-refractivity contribution in [3.63, 3.8) is 0 Å². The highest BCUT2D eigenvalue weighted by molar-refractivity contribution is 6.76. The fraction of sp³-hybridized carbons (Fsp3) is 0.562. The molecule has 1 fully saturated rings. The SMILES string of the molecule is C[Si](C)(C)CCOCn1nc(C2CC2)c2nc(Cl)cc(C=O)c21. The summed E-state index contributed by atoms with van der Waals surface area (Å²) in [4.78, 5) is 15.8. The molecule has 0 N–H and O–H groups in total. The summed E-state index contributed by atoms with van der Waals surface area (Å²) in [5.74, 6) is 0.436. The zero-order valence-corrected chi connectivity index (χ0v) is 15.6. The number of carbonyl (C=O) groups is 1. The van der Waals surface area contributed by atoms with Gasteiger partial charge in [0.05, 0.1) is 5.69 Å². The quantitative estimate of drug-likeness (QED) is 0.326. The smallest absolute Gasteiger partial charge is 0.152 e. The van der Waals surface area contributed by atoms with Crippen molar-refractivity contribution in [2.45, 2.75) is 51.2 Å². The van der Waals surface area contributed by atoms with Gasteiger partial charge in [0.15, 0.2) is 6.29 Å². The van der Waals surface area contributed by atoms with E-state index in [4.69, 9.17) is 16.3 Å². The van der Waals surface area contributed by atoms with Crippen molar-refractivity contribution in [1.29, 1.82) is 0 Å². The van der Waals surface area contributed by atoms with Gasteiger partial charge < -0.3 is 4.74 Å². The highest BCUT2D eigenvalue weighted by Crippen LogP contribution is 2.42. The van der Waals surface area contributed by atoms with Crippen molar-refractivity contribution in [2.75, 3.05) is 6.61 Å². The van der Waals surface area contributed by atoms with Crippen LogP contribution in [0.15, 0.2) is 6.07 Å². The summed E-state index contributed by atoms with van der Waals surface area (Å²) < 4.78 is 7.57. The lowest BCUT2D eigenvalue weighted by Crippen LogP contribution is -2.22. The van der Waals surface area contributed by atoms with Crippen LogP contribution in [-0.2, 0) is 11.5 Å². The average Bonchev–Trinajstić information content (AvgIpc) is 3.25. The highest BCUT2D eigenvalue weighted by Gasteiger charge is 2.31. The van der Waals surface area contributed by atoms with Crippen molar-refractivity contribution < 1.29 is 9.53 Å². The molecule has 0 unspecified atom stereocenters. The molecule has 5 nitrogen and oxygen atoms in total. The number of ether oxygens (including phenoxy) is 1. The Morgan fingerprint density at radius 1 is 1.43 bits per heavy atom. The van der Waals surface area contributed by atoms with E-state index in [0.717, 1.165) is 41.9 Å². The first-order chi connectivity index (χ1) is 10.9. The fourth-order valence-corrected chi connectivity index (χ4v) is 3.51. The minimum atomic E-state index is -1.12. The van der Waals surface area contributed by atoms with E-state index < -0.39 is 8.07 Å². The lowest BCUT2D eigenvalue weighted by atomic mass is 10.2. The van der Waals surface area contributed by atoms with Crippen LogP contribution in [0, 0.1) is 0 Å². The van der Waals surface area contributed by atoms with Crippen molar-refractivity contribution in [3.05, 3.63) is 22.5 Å². The molecule has 2 heterocycles. The molecule has 0 bridgehead atoms. The van der Waals surface area contributed by atoms with Crippen LogP contribution in [0.3, 0.4) is 0 Å². The van der Waals surface area contributed by atoms with Crippen LogP contribution in [-0.4, -0.2) is 35.7 Å². The maximum absolute atomic E-state index is 11.4. The third kappa shape index (κ3) is 3.81. The number of fused-ring (bicyclic) bond motifs is 1. The minimum Gasteiger partial charge on any atom is -0.360 e. The molecule has 2 aromatic heterocycles. The van der Waals surface area contributed by atoms with Gasteiger partial charge in [-0.25, -0.2) is 9.67 Å². The number of hydrogen-bond acceptors (Lipinski definition) is 4. The summed E-state index contributed by atoms with van der Waals surface area (Å²) in [6, 6.07) is 2.69. The Balaban J connectivity index is 1.88. The summed E-state index contributed by atoms with van der Waals surface area (Å²) in [5, 5.41) is 4.99. The molecule has 0 spiro atoms. The second-order valence-electron chi connectivity index (χ2n) is 7.36. The van der Waals surface area contributed by atoms with Crippen molar-refractivity contribution in [1.82, 2.24) is 14.8 Å². The number of nitrogens with zero attached hydrogens (tertiary/aromatic N) is 3. The Hall–Kier alpha value is -1.24. The van der Waals surface area contributed by atoms with Gasteiger partial charge in [-0.05, 0) is 25.0 Å². The van der Waals surface area contributed by atoms with E-state index in [9.17, 15) is 4.79 Å². The van der Waals surface area contributed by atoms with Gasteiger partial charge in [0.2, 0.25) is 0 Å². The molecular formula is C16H22ClN3O2Si. The Labute approximate surface area is 142 Å². The normalized spacial score (nSPS) is 15.3. The van der Waals surface area contributed by atoms with Crippen LogP contribution >= 0.6 is 11.6 Å². The molecule has 1 aliphatic carbocycles. The lowest BCUT2D eigenvalue weighted by Gasteiger charge is -2.15. The molecule has 1 saturated carbocycles. The summed E-state index contributed by atoms with van der Waals surface area (Å²) in [7, 11) is -1.12. The average molecular weight is 352 g/mol. The van der Waals surface area contributed by atoms with Crippen molar-refractivity contribution in [3.8, 4) is 0 Å². The predicted octanol–water partition coefficient (Wildman–Crippen LogP) is 4.09. The molecule has 0 saturated heterocycles. The first kappa shape index (κ1) is 16.6. The number of aldehydes is 1. The molecule has 0 aromatic carbocycles. The van der Waals surface area contributed by atoms with E-state index in [1.54, 1.807) is 10.7 Å². The summed E-state index contributed by atoms with van der Waals surface area (Å²) in [6.45, 7) is 8.02. The molecule has 3 rings (SSSR count). The largest absolute Gasteiger partial charge is 0.360 e.